The first kappa shape index (κ1) is 8.53. The maximum atomic E-state index is 11.1. The molecule has 0 amide bonds. The van der Waals surface area contributed by atoms with E-state index in [4.69, 9.17) is 0 Å². The molecule has 4 heteroatoms. The number of H-pyrrole nitrogens is 1. The molecular weight excluding hydrogens is 166 g/mol. The lowest BCUT2D eigenvalue weighted by molar-refractivity contribution is 0.420. The summed E-state index contributed by atoms with van der Waals surface area (Å²) < 4.78 is 1.63. The highest BCUT2D eigenvalue weighted by molar-refractivity contribution is 4.96. The Bertz CT molecular complexity index is 333. The van der Waals surface area contributed by atoms with Crippen LogP contribution in [-0.2, 0) is 7.05 Å². The normalized spacial score (nSPS) is 19.2. The number of nitrogens with one attached hydrogen (secondary N) is 1. The summed E-state index contributed by atoms with van der Waals surface area (Å²) >= 11 is 0. The van der Waals surface area contributed by atoms with Crippen LogP contribution in [0, 0.1) is 0 Å². The van der Waals surface area contributed by atoms with Gasteiger partial charge in [0.15, 0.2) is 0 Å². The van der Waals surface area contributed by atoms with Gasteiger partial charge in [-0.05, 0) is 12.8 Å². The van der Waals surface area contributed by atoms with Gasteiger partial charge in [0.2, 0.25) is 0 Å². The Kier molecular flexibility index (Phi) is 2.20. The fourth-order valence-corrected chi connectivity index (χ4v) is 2.09. The summed E-state index contributed by atoms with van der Waals surface area (Å²) in [5, 5.41) is 6.56. The van der Waals surface area contributed by atoms with E-state index in [0.29, 0.717) is 5.92 Å². The van der Waals surface area contributed by atoms with E-state index in [9.17, 15) is 4.79 Å². The molecule has 72 valence electrons. The van der Waals surface area contributed by atoms with Gasteiger partial charge in [-0.2, -0.15) is 5.10 Å². The lowest BCUT2D eigenvalue weighted by Crippen LogP contribution is -2.17. The molecule has 2 rings (SSSR count). The molecule has 4 nitrogen and oxygen atoms in total. The molecule has 13 heavy (non-hydrogen) atoms. The van der Waals surface area contributed by atoms with Gasteiger partial charge >= 0.3 is 5.69 Å². The molecule has 1 aliphatic rings. The van der Waals surface area contributed by atoms with Gasteiger partial charge in [0.25, 0.3) is 0 Å². The van der Waals surface area contributed by atoms with Gasteiger partial charge in [-0.15, -0.1) is 0 Å². The molecule has 1 fully saturated rings. The highest BCUT2D eigenvalue weighted by atomic mass is 16.1. The van der Waals surface area contributed by atoms with E-state index in [1.807, 2.05) is 0 Å². The number of hydrogen-bond acceptors (Lipinski definition) is 2. The Hall–Kier alpha value is -1.06. The van der Waals surface area contributed by atoms with Crippen molar-refractivity contribution >= 4 is 0 Å². The van der Waals surface area contributed by atoms with E-state index >= 15 is 0 Å². The van der Waals surface area contributed by atoms with Crippen LogP contribution in [0.15, 0.2) is 4.79 Å². The lowest BCUT2D eigenvalue weighted by atomic mass is 9.89. The second-order valence-electron chi connectivity index (χ2n) is 3.78. The standard InChI is InChI=1S/C9H15N3O/c1-12-8(10-11-9(12)13)7-5-3-2-4-6-7/h7H,2-6H2,1H3,(H,11,13). The molecular formula is C9H15N3O. The van der Waals surface area contributed by atoms with Gasteiger partial charge in [-0.25, -0.2) is 9.89 Å². The van der Waals surface area contributed by atoms with Gasteiger partial charge in [-0.1, -0.05) is 19.3 Å². The van der Waals surface area contributed by atoms with Crippen molar-refractivity contribution in [3.05, 3.63) is 16.3 Å². The maximum Gasteiger partial charge on any atom is 0.343 e. The van der Waals surface area contributed by atoms with E-state index in [1.165, 1.54) is 32.1 Å². The SMILES string of the molecule is Cn1c(C2CCCCC2)n[nH]c1=O. The maximum absolute atomic E-state index is 11.1. The van der Waals surface area contributed by atoms with E-state index in [-0.39, 0.29) is 5.69 Å². The molecule has 0 atom stereocenters. The third-order valence-corrected chi connectivity index (χ3v) is 2.88. The van der Waals surface area contributed by atoms with Gasteiger partial charge < -0.3 is 0 Å². The van der Waals surface area contributed by atoms with Crippen molar-refractivity contribution in [2.45, 2.75) is 38.0 Å². The molecule has 0 radical (unpaired) electrons. The average molecular weight is 181 g/mol. The molecule has 1 aromatic rings. The van der Waals surface area contributed by atoms with Crippen LogP contribution >= 0.6 is 0 Å². The Labute approximate surface area is 77.0 Å². The van der Waals surface area contributed by atoms with Crippen molar-refractivity contribution in [1.29, 1.82) is 0 Å². The first-order valence-electron chi connectivity index (χ1n) is 4.90. The fraction of sp³-hybridized carbons (Fsp3) is 0.778. The van der Waals surface area contributed by atoms with Crippen molar-refractivity contribution < 1.29 is 0 Å². The van der Waals surface area contributed by atoms with E-state index in [2.05, 4.69) is 10.2 Å². The number of aromatic amines is 1. The summed E-state index contributed by atoms with van der Waals surface area (Å²) in [6, 6.07) is 0. The van der Waals surface area contributed by atoms with Crippen molar-refractivity contribution in [3.63, 3.8) is 0 Å². The molecule has 0 saturated heterocycles. The van der Waals surface area contributed by atoms with Crippen LogP contribution in [-0.4, -0.2) is 14.8 Å². The van der Waals surface area contributed by atoms with Crippen LogP contribution in [0.4, 0.5) is 0 Å². The molecule has 0 spiro atoms. The van der Waals surface area contributed by atoms with Crippen LogP contribution in [0.5, 0.6) is 0 Å². The second-order valence-corrected chi connectivity index (χ2v) is 3.78. The van der Waals surface area contributed by atoms with Crippen LogP contribution in [0.25, 0.3) is 0 Å². The largest absolute Gasteiger partial charge is 0.343 e. The van der Waals surface area contributed by atoms with Crippen LogP contribution in [0.2, 0.25) is 0 Å². The smallest absolute Gasteiger partial charge is 0.282 e. The number of rotatable bonds is 1. The molecule has 1 aliphatic carbocycles. The Balaban J connectivity index is 2.23. The van der Waals surface area contributed by atoms with Gasteiger partial charge in [0.1, 0.15) is 5.82 Å². The molecule has 0 unspecified atom stereocenters. The van der Waals surface area contributed by atoms with Gasteiger partial charge in [0.05, 0.1) is 0 Å². The van der Waals surface area contributed by atoms with Gasteiger partial charge in [-0.3, -0.25) is 4.57 Å². The summed E-state index contributed by atoms with van der Waals surface area (Å²) in [6.07, 6.45) is 6.22. The van der Waals surface area contributed by atoms with Crippen molar-refractivity contribution in [2.24, 2.45) is 7.05 Å². The predicted octanol–water partition coefficient (Wildman–Crippen LogP) is 1.16. The van der Waals surface area contributed by atoms with E-state index in [0.717, 1.165) is 5.82 Å². The Morgan fingerprint density at radius 2 is 2.08 bits per heavy atom. The van der Waals surface area contributed by atoms with E-state index < -0.39 is 0 Å². The lowest BCUT2D eigenvalue weighted by Gasteiger charge is -2.19. The fourth-order valence-electron chi connectivity index (χ4n) is 2.09. The summed E-state index contributed by atoms with van der Waals surface area (Å²) in [5.41, 5.74) is -0.0967. The number of nitrogens with zero attached hydrogens (tertiary/aromatic N) is 2. The average Bonchev–Trinajstić information content (AvgIpc) is 2.49. The molecule has 1 N–H and O–H groups in total. The van der Waals surface area contributed by atoms with Crippen LogP contribution < -0.4 is 5.69 Å². The van der Waals surface area contributed by atoms with Gasteiger partial charge in [0, 0.05) is 13.0 Å². The monoisotopic (exact) mass is 181 g/mol. The van der Waals surface area contributed by atoms with Crippen LogP contribution in [0.1, 0.15) is 43.8 Å². The second kappa shape index (κ2) is 3.36. The van der Waals surface area contributed by atoms with Crippen molar-refractivity contribution in [1.82, 2.24) is 14.8 Å². The summed E-state index contributed by atoms with van der Waals surface area (Å²) in [4.78, 5) is 11.1. The Morgan fingerprint density at radius 1 is 1.38 bits per heavy atom. The van der Waals surface area contributed by atoms with Crippen molar-refractivity contribution in [3.8, 4) is 0 Å². The Morgan fingerprint density at radius 3 is 2.62 bits per heavy atom. The predicted molar refractivity (Wildman–Crippen MR) is 49.7 cm³/mol. The number of aromatic nitrogens is 3. The molecule has 1 heterocycles. The zero-order valence-electron chi connectivity index (χ0n) is 7.92. The highest BCUT2D eigenvalue weighted by Crippen LogP contribution is 2.30. The molecule has 0 bridgehead atoms. The van der Waals surface area contributed by atoms with E-state index in [1.54, 1.807) is 11.6 Å². The third kappa shape index (κ3) is 1.53. The minimum absolute atomic E-state index is 0.0967. The minimum Gasteiger partial charge on any atom is -0.282 e. The minimum atomic E-state index is -0.0967. The quantitative estimate of drug-likeness (QED) is 0.706. The zero-order chi connectivity index (χ0) is 9.26. The zero-order valence-corrected chi connectivity index (χ0v) is 7.92. The number of hydrogen-bond donors (Lipinski definition) is 1. The topological polar surface area (TPSA) is 50.7 Å². The summed E-state index contributed by atoms with van der Waals surface area (Å²) in [7, 11) is 1.79. The summed E-state index contributed by atoms with van der Waals surface area (Å²) in [6.45, 7) is 0. The molecule has 1 saturated carbocycles. The third-order valence-electron chi connectivity index (χ3n) is 2.88. The van der Waals surface area contributed by atoms with Crippen molar-refractivity contribution in [2.75, 3.05) is 0 Å². The molecule has 0 aliphatic heterocycles. The van der Waals surface area contributed by atoms with Crippen LogP contribution in [0.3, 0.4) is 0 Å². The highest BCUT2D eigenvalue weighted by Gasteiger charge is 2.20. The molecule has 0 aromatic carbocycles. The first-order valence-corrected chi connectivity index (χ1v) is 4.90. The molecule has 1 aromatic heterocycles. The first-order chi connectivity index (χ1) is 6.29. The summed E-state index contributed by atoms with van der Waals surface area (Å²) in [5.74, 6) is 1.43.